The van der Waals surface area contributed by atoms with Gasteiger partial charge in [0.15, 0.2) is 11.4 Å². The second-order valence-corrected chi connectivity index (χ2v) is 8.15. The van der Waals surface area contributed by atoms with Crippen molar-refractivity contribution in [3.05, 3.63) is 53.7 Å². The van der Waals surface area contributed by atoms with Gasteiger partial charge in [0.25, 0.3) is 0 Å². The fraction of sp³-hybridized carbons (Fsp3) is 0.174. The van der Waals surface area contributed by atoms with Gasteiger partial charge in [0.1, 0.15) is 28.7 Å². The Bertz CT molecular complexity index is 1590. The van der Waals surface area contributed by atoms with Crippen molar-refractivity contribution in [3.8, 4) is 11.3 Å². The highest BCUT2D eigenvalue weighted by Gasteiger charge is 2.23. The molecule has 11 heteroatoms. The average Bonchev–Trinajstić information content (AvgIpc) is 3.42. The number of hydrogen-bond donors (Lipinski definition) is 3. The first kappa shape index (κ1) is 21.4. The molecular formula is C23H20F2N8O. The lowest BCUT2D eigenvalue weighted by molar-refractivity contribution is 0.101. The van der Waals surface area contributed by atoms with Crippen LogP contribution in [0.4, 0.5) is 26.2 Å². The van der Waals surface area contributed by atoms with Crippen LogP contribution in [0.5, 0.6) is 0 Å². The Hall–Kier alpha value is -4.41. The predicted octanol–water partition coefficient (Wildman–Crippen LogP) is 4.76. The van der Waals surface area contributed by atoms with E-state index in [2.05, 4.69) is 25.5 Å². The molecule has 0 saturated heterocycles. The van der Waals surface area contributed by atoms with Crippen molar-refractivity contribution in [3.63, 3.8) is 0 Å². The van der Waals surface area contributed by atoms with Gasteiger partial charge in [0, 0.05) is 22.6 Å². The molecular weight excluding hydrogens is 442 g/mol. The molecule has 0 fully saturated rings. The maximum absolute atomic E-state index is 14.5. The largest absolute Gasteiger partial charge is 0.383 e. The highest BCUT2D eigenvalue weighted by Crippen LogP contribution is 2.37. The highest BCUT2D eigenvalue weighted by atomic mass is 19.1. The van der Waals surface area contributed by atoms with Crippen LogP contribution in [0.2, 0.25) is 0 Å². The van der Waals surface area contributed by atoms with Crippen LogP contribution >= 0.6 is 0 Å². The number of fused-ring (bicyclic) bond motifs is 2. The number of benzene rings is 2. The van der Waals surface area contributed by atoms with Crippen molar-refractivity contribution in [1.29, 1.82) is 0 Å². The van der Waals surface area contributed by atoms with Crippen LogP contribution in [0.3, 0.4) is 0 Å². The summed E-state index contributed by atoms with van der Waals surface area (Å²) in [6, 6.07) is 6.94. The highest BCUT2D eigenvalue weighted by molar-refractivity contribution is 6.05. The van der Waals surface area contributed by atoms with Gasteiger partial charge in [-0.05, 0) is 51.1 Å². The Morgan fingerprint density at radius 2 is 1.94 bits per heavy atom. The van der Waals surface area contributed by atoms with E-state index in [-0.39, 0.29) is 40.4 Å². The van der Waals surface area contributed by atoms with Gasteiger partial charge in [-0.1, -0.05) is 0 Å². The summed E-state index contributed by atoms with van der Waals surface area (Å²) >= 11 is 0. The molecule has 0 radical (unpaired) electrons. The molecule has 2 aromatic carbocycles. The fourth-order valence-electron chi connectivity index (χ4n) is 3.83. The Morgan fingerprint density at radius 1 is 1.15 bits per heavy atom. The van der Waals surface area contributed by atoms with E-state index in [1.165, 1.54) is 31.3 Å². The topological polar surface area (TPSA) is 127 Å². The number of Topliss-reactive ketones (excluding diaryl/α,β-unsaturated/α-hetero) is 1. The first-order valence-electron chi connectivity index (χ1n) is 10.5. The number of nitrogens with zero attached hydrogens (tertiary/aromatic N) is 5. The van der Waals surface area contributed by atoms with Crippen LogP contribution < -0.4 is 11.1 Å². The molecule has 0 unspecified atom stereocenters. The zero-order valence-electron chi connectivity index (χ0n) is 18.5. The molecule has 4 N–H and O–H groups in total. The molecule has 0 aliphatic rings. The average molecular weight is 462 g/mol. The van der Waals surface area contributed by atoms with Gasteiger partial charge >= 0.3 is 0 Å². The summed E-state index contributed by atoms with van der Waals surface area (Å²) in [6.45, 7) is 5.22. The molecule has 34 heavy (non-hydrogen) atoms. The lowest BCUT2D eigenvalue weighted by Gasteiger charge is -2.10. The number of nitrogen functional groups attached to an aromatic ring is 1. The summed E-state index contributed by atoms with van der Waals surface area (Å²) in [5.41, 5.74) is 8.48. The van der Waals surface area contributed by atoms with Gasteiger partial charge in [-0.15, -0.1) is 0 Å². The smallest absolute Gasteiger partial charge is 0.231 e. The lowest BCUT2D eigenvalue weighted by Crippen LogP contribution is -2.07. The number of rotatable bonds is 5. The zero-order valence-corrected chi connectivity index (χ0v) is 18.5. The maximum atomic E-state index is 14.5. The van der Waals surface area contributed by atoms with Gasteiger partial charge in [-0.3, -0.25) is 9.89 Å². The number of H-pyrrole nitrogens is 1. The molecule has 0 saturated carbocycles. The number of halogens is 2. The summed E-state index contributed by atoms with van der Waals surface area (Å²) in [6.07, 6.45) is 1.52. The molecule has 5 aromatic rings. The van der Waals surface area contributed by atoms with Crippen LogP contribution in [-0.2, 0) is 0 Å². The zero-order chi connectivity index (χ0) is 24.1. The number of nitrogens with one attached hydrogen (secondary N) is 2. The number of aromatic amines is 1. The summed E-state index contributed by atoms with van der Waals surface area (Å²) in [5, 5.41) is 15.2. The molecule has 3 aromatic heterocycles. The van der Waals surface area contributed by atoms with E-state index in [0.717, 1.165) is 6.07 Å². The first-order valence-corrected chi connectivity index (χ1v) is 10.5. The molecule has 5 rings (SSSR count). The normalized spacial score (nSPS) is 11.6. The van der Waals surface area contributed by atoms with E-state index >= 15 is 0 Å². The Kier molecular flexibility index (Phi) is 4.96. The number of aromatic nitrogens is 6. The Balaban J connectivity index is 1.67. The third-order valence-corrected chi connectivity index (χ3v) is 5.51. The van der Waals surface area contributed by atoms with Crippen LogP contribution in [-0.4, -0.2) is 35.7 Å². The SMILES string of the molecule is CC(=O)c1ccc(Nc2nc(N)c3c(-c4ccc(F)c5[nH]ncc45)nn(C(C)C)c3n2)c(F)c1. The summed E-state index contributed by atoms with van der Waals surface area (Å²) in [4.78, 5) is 20.4. The predicted molar refractivity (Wildman–Crippen MR) is 125 cm³/mol. The second-order valence-electron chi connectivity index (χ2n) is 8.15. The quantitative estimate of drug-likeness (QED) is 0.321. The minimum Gasteiger partial charge on any atom is -0.383 e. The molecule has 0 bridgehead atoms. The summed E-state index contributed by atoms with van der Waals surface area (Å²) in [7, 11) is 0. The third-order valence-electron chi connectivity index (χ3n) is 5.51. The molecule has 0 aliphatic carbocycles. The van der Waals surface area contributed by atoms with E-state index in [9.17, 15) is 13.6 Å². The summed E-state index contributed by atoms with van der Waals surface area (Å²) < 4.78 is 30.4. The van der Waals surface area contributed by atoms with Crippen molar-refractivity contribution in [2.45, 2.75) is 26.8 Å². The van der Waals surface area contributed by atoms with E-state index < -0.39 is 11.6 Å². The number of hydrogen-bond acceptors (Lipinski definition) is 7. The number of nitrogens with two attached hydrogens (primary N) is 1. The standard InChI is InChI=1S/C23H20F2N8O/c1-10(2)33-22-18(20(32-33)13-5-6-15(24)19-14(13)9-27-31-19)21(26)29-23(30-22)28-17-7-4-12(11(3)34)8-16(17)25/h4-10H,1-3H3,(H,27,31)(H3,26,28,29,30). The van der Waals surface area contributed by atoms with E-state index in [1.54, 1.807) is 10.7 Å². The molecule has 0 atom stereocenters. The van der Waals surface area contributed by atoms with Gasteiger partial charge in [0.2, 0.25) is 5.95 Å². The van der Waals surface area contributed by atoms with Crippen molar-refractivity contribution < 1.29 is 13.6 Å². The fourth-order valence-corrected chi connectivity index (χ4v) is 3.83. The van der Waals surface area contributed by atoms with Crippen LogP contribution in [0, 0.1) is 11.6 Å². The minimum atomic E-state index is -0.623. The van der Waals surface area contributed by atoms with Crippen molar-refractivity contribution >= 4 is 45.2 Å². The Labute approximate surface area is 192 Å². The molecule has 172 valence electrons. The van der Waals surface area contributed by atoms with Crippen LogP contribution in [0.15, 0.2) is 36.5 Å². The second kappa shape index (κ2) is 7.87. The molecule has 0 amide bonds. The van der Waals surface area contributed by atoms with Crippen molar-refractivity contribution in [2.75, 3.05) is 11.1 Å². The van der Waals surface area contributed by atoms with E-state index in [1.807, 2.05) is 13.8 Å². The van der Waals surface area contributed by atoms with Crippen molar-refractivity contribution in [1.82, 2.24) is 29.9 Å². The monoisotopic (exact) mass is 462 g/mol. The molecule has 0 spiro atoms. The van der Waals surface area contributed by atoms with Gasteiger partial charge in [0.05, 0.1) is 17.3 Å². The number of carbonyl (C=O) groups excluding carboxylic acids is 1. The van der Waals surface area contributed by atoms with Crippen molar-refractivity contribution in [2.24, 2.45) is 0 Å². The van der Waals surface area contributed by atoms with Crippen LogP contribution in [0.1, 0.15) is 37.2 Å². The van der Waals surface area contributed by atoms with Gasteiger partial charge < -0.3 is 11.1 Å². The molecule has 0 aliphatic heterocycles. The molecule has 9 nitrogen and oxygen atoms in total. The third kappa shape index (κ3) is 3.41. The minimum absolute atomic E-state index is 0.0698. The van der Waals surface area contributed by atoms with E-state index in [0.29, 0.717) is 27.7 Å². The van der Waals surface area contributed by atoms with Gasteiger partial charge in [-0.2, -0.15) is 20.2 Å². The summed E-state index contributed by atoms with van der Waals surface area (Å²) in [5.74, 6) is -1.11. The first-order chi connectivity index (χ1) is 16.2. The number of ketones is 1. The Morgan fingerprint density at radius 3 is 2.65 bits per heavy atom. The van der Waals surface area contributed by atoms with Gasteiger partial charge in [-0.25, -0.2) is 13.5 Å². The molecule has 3 heterocycles. The number of carbonyl (C=O) groups is 1. The lowest BCUT2D eigenvalue weighted by atomic mass is 10.0. The maximum Gasteiger partial charge on any atom is 0.231 e. The van der Waals surface area contributed by atoms with E-state index in [4.69, 9.17) is 10.8 Å². The number of anilines is 3. The van der Waals surface area contributed by atoms with Crippen LogP contribution in [0.25, 0.3) is 33.2 Å².